The largest absolute Gasteiger partial charge is 0.332 e. The van der Waals surface area contributed by atoms with Crippen LogP contribution in [0.4, 0.5) is 0 Å². The maximum Gasteiger partial charge on any atom is 0.260 e. The predicted molar refractivity (Wildman–Crippen MR) is 65.1 cm³/mol. The number of aromatic amines is 1. The van der Waals surface area contributed by atoms with Crippen molar-refractivity contribution in [3.63, 3.8) is 0 Å². The summed E-state index contributed by atoms with van der Waals surface area (Å²) in [5.41, 5.74) is 0. The topological polar surface area (TPSA) is 89.8 Å². The average molecular weight is 268 g/mol. The van der Waals surface area contributed by atoms with E-state index < -0.39 is 10.0 Å². The van der Waals surface area contributed by atoms with Crippen LogP contribution in [0.1, 0.15) is 32.0 Å². The minimum Gasteiger partial charge on any atom is -0.332 e. The number of sulfonamides is 1. The van der Waals surface area contributed by atoms with Crippen molar-refractivity contribution in [1.29, 1.82) is 5.26 Å². The Morgan fingerprint density at radius 2 is 2.33 bits per heavy atom. The number of nitrogens with zero attached hydrogens (tertiary/aromatic N) is 3. The fourth-order valence-corrected chi connectivity index (χ4v) is 3.42. The Balaban J connectivity index is 2.24. The number of H-pyrrole nitrogens is 1. The molecule has 0 aliphatic heterocycles. The summed E-state index contributed by atoms with van der Waals surface area (Å²) in [6.45, 7) is 2.16. The molecule has 98 valence electrons. The van der Waals surface area contributed by atoms with Crippen molar-refractivity contribution in [3.05, 3.63) is 12.0 Å². The van der Waals surface area contributed by atoms with Crippen LogP contribution >= 0.6 is 0 Å². The summed E-state index contributed by atoms with van der Waals surface area (Å²) < 4.78 is 26.2. The van der Waals surface area contributed by atoms with Gasteiger partial charge in [-0.05, 0) is 12.8 Å². The standard InChI is InChI=1S/C11H16N4O2S/c1-2-10-13-8-11(14-10)18(16,17)15(7-3-6-12)9-4-5-9/h8-9H,2-5,7H2,1H3,(H,13,14). The van der Waals surface area contributed by atoms with E-state index in [9.17, 15) is 8.42 Å². The van der Waals surface area contributed by atoms with E-state index in [2.05, 4.69) is 9.97 Å². The number of aromatic nitrogens is 2. The molecular formula is C11H16N4O2S. The van der Waals surface area contributed by atoms with Crippen molar-refractivity contribution in [1.82, 2.24) is 14.3 Å². The molecule has 1 saturated carbocycles. The molecule has 7 heteroatoms. The minimum absolute atomic E-state index is 0.0525. The van der Waals surface area contributed by atoms with Crippen molar-refractivity contribution < 1.29 is 8.42 Å². The summed E-state index contributed by atoms with van der Waals surface area (Å²) in [4.78, 5) is 6.84. The lowest BCUT2D eigenvalue weighted by Gasteiger charge is -2.19. The van der Waals surface area contributed by atoms with Gasteiger partial charge in [0.15, 0.2) is 5.03 Å². The van der Waals surface area contributed by atoms with Gasteiger partial charge in [-0.15, -0.1) is 0 Å². The second-order valence-corrected chi connectivity index (χ2v) is 6.16. The molecule has 1 aliphatic rings. The maximum atomic E-state index is 12.4. The zero-order valence-electron chi connectivity index (χ0n) is 10.3. The normalized spacial score (nSPS) is 15.8. The van der Waals surface area contributed by atoms with Gasteiger partial charge in [0.1, 0.15) is 5.82 Å². The van der Waals surface area contributed by atoms with E-state index in [1.54, 1.807) is 0 Å². The van der Waals surface area contributed by atoms with Crippen LogP contribution in [0.3, 0.4) is 0 Å². The van der Waals surface area contributed by atoms with E-state index in [0.717, 1.165) is 12.8 Å². The summed E-state index contributed by atoms with van der Waals surface area (Å²) in [5, 5.41) is 8.73. The summed E-state index contributed by atoms with van der Waals surface area (Å²) in [5.74, 6) is 0.657. The molecule has 0 unspecified atom stereocenters. The van der Waals surface area contributed by atoms with Crippen molar-refractivity contribution in [3.8, 4) is 6.07 Å². The van der Waals surface area contributed by atoms with Gasteiger partial charge < -0.3 is 4.98 Å². The highest BCUT2D eigenvalue weighted by molar-refractivity contribution is 7.89. The van der Waals surface area contributed by atoms with Crippen LogP contribution in [0.5, 0.6) is 0 Å². The summed E-state index contributed by atoms with van der Waals surface area (Å²) in [6, 6.07) is 2.04. The molecule has 0 aromatic carbocycles. The van der Waals surface area contributed by atoms with E-state index in [4.69, 9.17) is 5.26 Å². The number of hydrogen-bond acceptors (Lipinski definition) is 4. The monoisotopic (exact) mass is 268 g/mol. The van der Waals surface area contributed by atoms with Crippen LogP contribution in [-0.2, 0) is 16.4 Å². The molecule has 1 aliphatic carbocycles. The Morgan fingerprint density at radius 1 is 1.61 bits per heavy atom. The summed E-state index contributed by atoms with van der Waals surface area (Å²) >= 11 is 0. The van der Waals surface area contributed by atoms with Gasteiger partial charge in [-0.1, -0.05) is 6.92 Å². The molecule has 18 heavy (non-hydrogen) atoms. The van der Waals surface area contributed by atoms with Crippen LogP contribution in [0.25, 0.3) is 0 Å². The first-order valence-electron chi connectivity index (χ1n) is 6.02. The van der Waals surface area contributed by atoms with Gasteiger partial charge in [0.25, 0.3) is 10.0 Å². The number of rotatable bonds is 6. The highest BCUT2D eigenvalue weighted by Gasteiger charge is 2.38. The van der Waals surface area contributed by atoms with Gasteiger partial charge in [-0.3, -0.25) is 0 Å². The third-order valence-corrected chi connectivity index (χ3v) is 4.79. The third kappa shape index (κ3) is 2.54. The van der Waals surface area contributed by atoms with Crippen LogP contribution in [0, 0.1) is 11.3 Å². The first-order chi connectivity index (χ1) is 8.59. The number of imidazole rings is 1. The van der Waals surface area contributed by atoms with E-state index in [-0.39, 0.29) is 24.0 Å². The molecule has 6 nitrogen and oxygen atoms in total. The molecule has 1 aromatic rings. The molecule has 0 saturated heterocycles. The number of nitriles is 1. The zero-order valence-corrected chi connectivity index (χ0v) is 11.1. The highest BCUT2D eigenvalue weighted by Crippen LogP contribution is 2.31. The van der Waals surface area contributed by atoms with E-state index in [1.165, 1.54) is 10.5 Å². The Bertz CT molecular complexity index is 554. The van der Waals surface area contributed by atoms with Crippen LogP contribution in [0.15, 0.2) is 11.2 Å². The third-order valence-electron chi connectivity index (χ3n) is 2.92. The Kier molecular flexibility index (Phi) is 3.68. The number of hydrogen-bond donors (Lipinski definition) is 1. The van der Waals surface area contributed by atoms with E-state index >= 15 is 0 Å². The van der Waals surface area contributed by atoms with Crippen LogP contribution < -0.4 is 0 Å². The van der Waals surface area contributed by atoms with Gasteiger partial charge in [0, 0.05) is 25.4 Å². The zero-order chi connectivity index (χ0) is 13.2. The average Bonchev–Trinajstić information content (AvgIpc) is 3.05. The predicted octanol–water partition coefficient (Wildman–Crippen LogP) is 1.04. The SMILES string of the molecule is CCc1ncc(S(=O)(=O)N(CCC#N)C2CC2)[nH]1. The molecule has 1 aromatic heterocycles. The van der Waals surface area contributed by atoms with Gasteiger partial charge in [-0.25, -0.2) is 13.4 Å². The fourth-order valence-electron chi connectivity index (χ4n) is 1.80. The molecule has 1 fully saturated rings. The van der Waals surface area contributed by atoms with Gasteiger partial charge in [0.2, 0.25) is 0 Å². The fraction of sp³-hybridized carbons (Fsp3) is 0.636. The van der Waals surface area contributed by atoms with Crippen molar-refractivity contribution in [2.45, 2.75) is 43.7 Å². The van der Waals surface area contributed by atoms with Crippen LogP contribution in [-0.4, -0.2) is 35.3 Å². The van der Waals surface area contributed by atoms with Gasteiger partial charge in [-0.2, -0.15) is 9.57 Å². The molecule has 0 radical (unpaired) electrons. The smallest absolute Gasteiger partial charge is 0.260 e. The van der Waals surface area contributed by atoms with Crippen LogP contribution in [0.2, 0.25) is 0 Å². The molecule has 0 bridgehead atoms. The second kappa shape index (κ2) is 5.08. The highest BCUT2D eigenvalue weighted by atomic mass is 32.2. The minimum atomic E-state index is -3.54. The number of nitrogens with one attached hydrogen (secondary N) is 1. The summed E-state index contributed by atoms with van der Waals surface area (Å²) in [6.07, 6.45) is 3.98. The first-order valence-corrected chi connectivity index (χ1v) is 7.46. The lowest BCUT2D eigenvalue weighted by Crippen LogP contribution is -2.34. The molecule has 2 rings (SSSR count). The van der Waals surface area contributed by atoms with E-state index in [0.29, 0.717) is 12.2 Å². The molecule has 0 atom stereocenters. The Labute approximate surface area is 107 Å². The lowest BCUT2D eigenvalue weighted by atomic mass is 10.4. The number of aryl methyl sites for hydroxylation is 1. The first kappa shape index (κ1) is 13.1. The lowest BCUT2D eigenvalue weighted by molar-refractivity contribution is 0.409. The molecule has 0 spiro atoms. The van der Waals surface area contributed by atoms with Gasteiger partial charge in [0.05, 0.1) is 12.3 Å². The maximum absolute atomic E-state index is 12.4. The quantitative estimate of drug-likeness (QED) is 0.834. The van der Waals surface area contributed by atoms with Gasteiger partial charge >= 0.3 is 0 Å². The molecule has 1 N–H and O–H groups in total. The Morgan fingerprint density at radius 3 is 2.83 bits per heavy atom. The van der Waals surface area contributed by atoms with Crippen molar-refractivity contribution in [2.75, 3.05) is 6.54 Å². The van der Waals surface area contributed by atoms with E-state index in [1.807, 2.05) is 13.0 Å². The molecule has 0 amide bonds. The molecule has 1 heterocycles. The molecular weight excluding hydrogens is 252 g/mol. The summed E-state index contributed by atoms with van der Waals surface area (Å²) in [7, 11) is -3.54. The second-order valence-electron chi connectivity index (χ2n) is 4.30. The Hall–Kier alpha value is -1.39. The van der Waals surface area contributed by atoms with Crippen molar-refractivity contribution in [2.24, 2.45) is 0 Å². The van der Waals surface area contributed by atoms with Crippen molar-refractivity contribution >= 4 is 10.0 Å².